The van der Waals surface area contributed by atoms with Crippen molar-refractivity contribution in [1.82, 2.24) is 4.90 Å². The van der Waals surface area contributed by atoms with Crippen molar-refractivity contribution in [2.45, 2.75) is 51.4 Å². The second-order valence-corrected chi connectivity index (χ2v) is 5.39. The highest BCUT2D eigenvalue weighted by Gasteiger charge is 2.52. The number of rotatable bonds is 3. The fourth-order valence-corrected chi connectivity index (χ4v) is 2.77. The molecule has 2 fully saturated rings. The van der Waals surface area contributed by atoms with Gasteiger partial charge in [0.15, 0.2) is 0 Å². The molecule has 1 aliphatic heterocycles. The van der Waals surface area contributed by atoms with Gasteiger partial charge in [0.25, 0.3) is 0 Å². The van der Waals surface area contributed by atoms with Crippen molar-refractivity contribution in [3.05, 3.63) is 0 Å². The molecule has 3 unspecified atom stereocenters. The molecule has 0 radical (unpaired) electrons. The van der Waals surface area contributed by atoms with E-state index in [0.717, 1.165) is 25.9 Å². The highest BCUT2D eigenvalue weighted by molar-refractivity contribution is 5.79. The monoisotopic (exact) mass is 227 g/mol. The Morgan fingerprint density at radius 1 is 1.31 bits per heavy atom. The maximum atomic E-state index is 11.5. The van der Waals surface area contributed by atoms with Crippen molar-refractivity contribution in [1.29, 1.82) is 0 Å². The zero-order valence-corrected chi connectivity index (χ0v) is 10.3. The van der Waals surface area contributed by atoms with Crippen LogP contribution in [0.15, 0.2) is 0 Å². The van der Waals surface area contributed by atoms with E-state index in [9.17, 15) is 9.90 Å². The molecular formula is C12H21NO3. The molecule has 0 aromatic rings. The Morgan fingerprint density at radius 3 is 2.19 bits per heavy atom. The molecule has 0 spiro atoms. The van der Waals surface area contributed by atoms with E-state index < -0.39 is 11.5 Å². The molecule has 4 heteroatoms. The second kappa shape index (κ2) is 4.00. The molecule has 4 nitrogen and oxygen atoms in total. The Morgan fingerprint density at radius 2 is 1.81 bits per heavy atom. The topological polar surface area (TPSA) is 49.8 Å². The standard InChI is InChI=1S/C12H21NO3/c1-8-6-13(7-9(2)16-8)12(3,11(14)15)10-4-5-10/h8-10H,4-7H2,1-3H3,(H,14,15). The van der Waals surface area contributed by atoms with E-state index >= 15 is 0 Å². The van der Waals surface area contributed by atoms with Gasteiger partial charge in [-0.05, 0) is 39.5 Å². The largest absolute Gasteiger partial charge is 0.480 e. The van der Waals surface area contributed by atoms with Crippen molar-refractivity contribution in [3.8, 4) is 0 Å². The number of carboxylic acid groups (broad SMARTS) is 1. The van der Waals surface area contributed by atoms with E-state index in [1.807, 2.05) is 20.8 Å². The fraction of sp³-hybridized carbons (Fsp3) is 0.917. The van der Waals surface area contributed by atoms with Crippen LogP contribution in [0.3, 0.4) is 0 Å². The van der Waals surface area contributed by atoms with Crippen LogP contribution < -0.4 is 0 Å². The van der Waals surface area contributed by atoms with Crippen LogP contribution in [0.2, 0.25) is 0 Å². The van der Waals surface area contributed by atoms with Gasteiger partial charge >= 0.3 is 5.97 Å². The molecule has 3 atom stereocenters. The van der Waals surface area contributed by atoms with Gasteiger partial charge in [-0.2, -0.15) is 0 Å². The van der Waals surface area contributed by atoms with Crippen molar-refractivity contribution in [2.24, 2.45) is 5.92 Å². The highest BCUT2D eigenvalue weighted by atomic mass is 16.5. The summed E-state index contributed by atoms with van der Waals surface area (Å²) in [5.41, 5.74) is -0.688. The predicted octanol–water partition coefficient (Wildman–Crippen LogP) is 1.35. The van der Waals surface area contributed by atoms with Gasteiger partial charge in [-0.3, -0.25) is 9.69 Å². The normalized spacial score (nSPS) is 35.7. The van der Waals surface area contributed by atoms with E-state index in [2.05, 4.69) is 4.90 Å². The Labute approximate surface area is 96.6 Å². The van der Waals surface area contributed by atoms with Gasteiger partial charge in [-0.25, -0.2) is 0 Å². The van der Waals surface area contributed by atoms with E-state index in [4.69, 9.17) is 4.74 Å². The van der Waals surface area contributed by atoms with Gasteiger partial charge in [-0.1, -0.05) is 0 Å². The van der Waals surface area contributed by atoms with Crippen molar-refractivity contribution in [3.63, 3.8) is 0 Å². The molecule has 0 aromatic heterocycles. The van der Waals surface area contributed by atoms with Gasteiger partial charge < -0.3 is 9.84 Å². The number of carbonyl (C=O) groups is 1. The molecule has 1 saturated carbocycles. The zero-order valence-electron chi connectivity index (χ0n) is 10.3. The second-order valence-electron chi connectivity index (χ2n) is 5.39. The molecule has 2 rings (SSSR count). The first-order valence-corrected chi connectivity index (χ1v) is 6.08. The molecule has 92 valence electrons. The lowest BCUT2D eigenvalue weighted by Gasteiger charge is -2.44. The molecule has 1 N–H and O–H groups in total. The van der Waals surface area contributed by atoms with E-state index in [1.165, 1.54) is 0 Å². The lowest BCUT2D eigenvalue weighted by molar-refractivity contribution is -0.162. The van der Waals surface area contributed by atoms with Gasteiger partial charge in [-0.15, -0.1) is 0 Å². The third kappa shape index (κ3) is 1.96. The molecule has 16 heavy (non-hydrogen) atoms. The minimum absolute atomic E-state index is 0.126. The summed E-state index contributed by atoms with van der Waals surface area (Å²) >= 11 is 0. The number of ether oxygens (including phenoxy) is 1. The maximum absolute atomic E-state index is 11.5. The van der Waals surface area contributed by atoms with Gasteiger partial charge in [0, 0.05) is 13.1 Å². The lowest BCUT2D eigenvalue weighted by Crippen LogP contribution is -2.60. The van der Waals surface area contributed by atoms with Crippen LogP contribution in [-0.4, -0.2) is 46.8 Å². The van der Waals surface area contributed by atoms with E-state index in [-0.39, 0.29) is 12.2 Å². The van der Waals surface area contributed by atoms with Gasteiger partial charge in [0.1, 0.15) is 5.54 Å². The summed E-state index contributed by atoms with van der Waals surface area (Å²) in [6.45, 7) is 7.35. The zero-order chi connectivity index (χ0) is 11.9. The molecule has 1 saturated heterocycles. The Hall–Kier alpha value is -0.610. The molecule has 0 amide bonds. The summed E-state index contributed by atoms with van der Waals surface area (Å²) in [7, 11) is 0. The quantitative estimate of drug-likeness (QED) is 0.790. The highest BCUT2D eigenvalue weighted by Crippen LogP contribution is 2.44. The van der Waals surface area contributed by atoms with E-state index in [0.29, 0.717) is 5.92 Å². The Kier molecular flexibility index (Phi) is 2.97. The van der Waals surface area contributed by atoms with Crippen LogP contribution in [-0.2, 0) is 9.53 Å². The average molecular weight is 227 g/mol. The van der Waals surface area contributed by atoms with Crippen LogP contribution >= 0.6 is 0 Å². The van der Waals surface area contributed by atoms with Crippen LogP contribution in [0.4, 0.5) is 0 Å². The fourth-order valence-electron chi connectivity index (χ4n) is 2.77. The summed E-state index contributed by atoms with van der Waals surface area (Å²) < 4.78 is 5.66. The summed E-state index contributed by atoms with van der Waals surface area (Å²) in [6.07, 6.45) is 2.34. The molecule has 1 aliphatic carbocycles. The van der Waals surface area contributed by atoms with Crippen molar-refractivity contribution < 1.29 is 14.6 Å². The Balaban J connectivity index is 2.16. The van der Waals surface area contributed by atoms with Gasteiger partial charge in [0.2, 0.25) is 0 Å². The number of morpholine rings is 1. The minimum atomic E-state index is -0.688. The van der Waals surface area contributed by atoms with E-state index in [1.54, 1.807) is 0 Å². The van der Waals surface area contributed by atoms with Gasteiger partial charge in [0.05, 0.1) is 12.2 Å². The predicted molar refractivity (Wildman–Crippen MR) is 60.3 cm³/mol. The number of hydrogen-bond donors (Lipinski definition) is 1. The van der Waals surface area contributed by atoms with Crippen LogP contribution in [0.5, 0.6) is 0 Å². The molecule has 2 aliphatic rings. The molecular weight excluding hydrogens is 206 g/mol. The Bertz CT molecular complexity index is 280. The first-order valence-electron chi connectivity index (χ1n) is 6.08. The lowest BCUT2D eigenvalue weighted by atomic mass is 9.92. The smallest absolute Gasteiger partial charge is 0.324 e. The summed E-state index contributed by atoms with van der Waals surface area (Å²) in [5.74, 6) is -0.362. The molecule has 0 aromatic carbocycles. The third-order valence-electron chi connectivity index (χ3n) is 3.88. The maximum Gasteiger partial charge on any atom is 0.324 e. The summed E-state index contributed by atoms with van der Waals surface area (Å²) in [6, 6.07) is 0. The van der Waals surface area contributed by atoms with Crippen LogP contribution in [0.25, 0.3) is 0 Å². The van der Waals surface area contributed by atoms with Crippen molar-refractivity contribution >= 4 is 5.97 Å². The number of aliphatic carboxylic acids is 1. The molecule has 1 heterocycles. The van der Waals surface area contributed by atoms with Crippen LogP contribution in [0.1, 0.15) is 33.6 Å². The first-order chi connectivity index (χ1) is 7.44. The van der Waals surface area contributed by atoms with Crippen LogP contribution in [0, 0.1) is 5.92 Å². The number of carboxylic acids is 1. The first kappa shape index (κ1) is 11.9. The summed E-state index contributed by atoms with van der Waals surface area (Å²) in [4.78, 5) is 13.6. The minimum Gasteiger partial charge on any atom is -0.480 e. The third-order valence-corrected chi connectivity index (χ3v) is 3.88. The molecule has 0 bridgehead atoms. The number of hydrogen-bond acceptors (Lipinski definition) is 3. The van der Waals surface area contributed by atoms with Crippen molar-refractivity contribution in [2.75, 3.05) is 13.1 Å². The SMILES string of the molecule is CC1CN(C(C)(C(=O)O)C2CC2)CC(C)O1. The average Bonchev–Trinajstić information content (AvgIpc) is 2.97. The summed E-state index contributed by atoms with van der Waals surface area (Å²) in [5, 5.41) is 9.49. The number of nitrogens with zero attached hydrogens (tertiary/aromatic N) is 1.